The number of rotatable bonds is 7. The number of carbonyl (C=O) groups excluding carboxylic acids is 1. The van der Waals surface area contributed by atoms with Crippen LogP contribution in [-0.4, -0.2) is 109 Å². The van der Waals surface area contributed by atoms with Gasteiger partial charge in [-0.2, -0.15) is 15.4 Å². The van der Waals surface area contributed by atoms with E-state index in [0.717, 1.165) is 36.8 Å². The maximum atomic E-state index is 16.2. The Labute approximate surface area is 371 Å². The first kappa shape index (κ1) is 39.8. The number of piperidine rings is 1. The van der Waals surface area contributed by atoms with Gasteiger partial charge in [-0.25, -0.2) is 18.3 Å². The highest BCUT2D eigenvalue weighted by Crippen LogP contribution is 2.64. The first-order valence-corrected chi connectivity index (χ1v) is 22.2. The van der Waals surface area contributed by atoms with E-state index in [1.165, 1.54) is 27.1 Å². The Balaban J connectivity index is 1.01. The van der Waals surface area contributed by atoms with Crippen molar-refractivity contribution in [2.75, 3.05) is 39.9 Å². The highest BCUT2D eigenvalue weighted by atomic mass is 19.1. The molecule has 18 heteroatoms. The van der Waals surface area contributed by atoms with Gasteiger partial charge in [-0.15, -0.1) is 10.2 Å². The van der Waals surface area contributed by atoms with E-state index in [9.17, 15) is 4.79 Å². The summed E-state index contributed by atoms with van der Waals surface area (Å²) in [4.78, 5) is 34.6. The summed E-state index contributed by atoms with van der Waals surface area (Å²) < 4.78 is 45.1. The number of H-pyrrole nitrogens is 1. The molecule has 332 valence electrons. The maximum absolute atomic E-state index is 16.2. The lowest BCUT2D eigenvalue weighted by Gasteiger charge is -2.35. The molecule has 1 unspecified atom stereocenters. The molecule has 1 aliphatic carbocycles. The van der Waals surface area contributed by atoms with Gasteiger partial charge in [0.25, 0.3) is 5.91 Å². The molecule has 1 amide bonds. The zero-order chi connectivity index (χ0) is 44.6. The highest BCUT2D eigenvalue weighted by molar-refractivity contribution is 6.00. The van der Waals surface area contributed by atoms with Gasteiger partial charge in [-0.05, 0) is 106 Å². The molecule has 5 aromatic heterocycles. The van der Waals surface area contributed by atoms with Crippen LogP contribution in [-0.2, 0) is 23.7 Å². The molecule has 0 bridgehead atoms. The lowest BCUT2D eigenvalue weighted by molar-refractivity contribution is 0.0662. The second-order valence-electron chi connectivity index (χ2n) is 18.4. The van der Waals surface area contributed by atoms with Gasteiger partial charge < -0.3 is 19.1 Å². The summed E-state index contributed by atoms with van der Waals surface area (Å²) in [6.07, 6.45) is 6.80. The number of ether oxygens (including phenoxy) is 1. The van der Waals surface area contributed by atoms with Crippen LogP contribution in [0, 0.1) is 37.3 Å². The number of imidazole rings is 1. The van der Waals surface area contributed by atoms with Crippen molar-refractivity contribution < 1.29 is 18.3 Å². The van der Waals surface area contributed by atoms with Crippen molar-refractivity contribution >= 4 is 27.7 Å². The molecule has 3 aromatic carbocycles. The molecule has 0 spiro atoms. The van der Waals surface area contributed by atoms with Crippen LogP contribution in [0.15, 0.2) is 71.9 Å². The number of halogens is 2. The minimum Gasteiger partial charge on any atom is -0.381 e. The Kier molecular flexibility index (Phi) is 8.78. The van der Waals surface area contributed by atoms with E-state index in [1.807, 2.05) is 17.9 Å². The SMILES string of the molecule is Cc1cc(-n2nc3c(c2-n2ccn(-c4ccc5c(cnn5C)c4F)c2=O)[C@H](C)N(C(=O)c2cc4cc(C5CCOCC5)ccc4n2C2(c4nn[nH]n4)[C@@H]4CN(C)C[C@@H]42)CC3)cc(C)c1F. The van der Waals surface area contributed by atoms with Crippen LogP contribution in [0.25, 0.3) is 39.0 Å². The monoisotopic (exact) mass is 879 g/mol. The van der Waals surface area contributed by atoms with Gasteiger partial charge in [0.05, 0.1) is 40.2 Å². The molecule has 8 heterocycles. The van der Waals surface area contributed by atoms with Crippen LogP contribution in [0.2, 0.25) is 0 Å². The Morgan fingerprint density at radius 1 is 0.923 bits per heavy atom. The predicted octanol–water partition coefficient (Wildman–Crippen LogP) is 5.65. The third-order valence-corrected chi connectivity index (χ3v) is 14.8. The Morgan fingerprint density at radius 3 is 2.40 bits per heavy atom. The Morgan fingerprint density at radius 2 is 1.66 bits per heavy atom. The number of likely N-dealkylation sites (tertiary alicyclic amines) is 1. The van der Waals surface area contributed by atoms with Crippen molar-refractivity contribution in [3.05, 3.63) is 129 Å². The second kappa shape index (κ2) is 14.4. The minimum atomic E-state index is -0.699. The largest absolute Gasteiger partial charge is 0.381 e. The number of tetrazole rings is 1. The highest BCUT2D eigenvalue weighted by Gasteiger charge is 2.73. The maximum Gasteiger partial charge on any atom is 0.338 e. The second-order valence-corrected chi connectivity index (χ2v) is 18.4. The van der Waals surface area contributed by atoms with Gasteiger partial charge in [-0.3, -0.25) is 18.6 Å². The van der Waals surface area contributed by atoms with E-state index in [1.54, 1.807) is 60.7 Å². The van der Waals surface area contributed by atoms with Crippen LogP contribution in [0.4, 0.5) is 8.78 Å². The molecule has 3 aliphatic heterocycles. The zero-order valence-corrected chi connectivity index (χ0v) is 36.7. The fourth-order valence-corrected chi connectivity index (χ4v) is 11.6. The van der Waals surface area contributed by atoms with Crippen LogP contribution in [0.1, 0.15) is 76.0 Å². The number of hydrogen-bond acceptors (Lipinski definition) is 9. The zero-order valence-electron chi connectivity index (χ0n) is 36.7. The van der Waals surface area contributed by atoms with Crippen LogP contribution in [0.3, 0.4) is 0 Å². The molecular formula is C47H47F2N13O3. The third-order valence-electron chi connectivity index (χ3n) is 14.8. The van der Waals surface area contributed by atoms with Crippen LogP contribution < -0.4 is 5.69 Å². The number of aryl methyl sites for hydroxylation is 3. The topological polar surface area (TPSA) is 155 Å². The molecule has 65 heavy (non-hydrogen) atoms. The molecule has 0 radical (unpaired) electrons. The fraction of sp³-hybridized carbons (Fsp3) is 0.383. The molecule has 16 nitrogen and oxygen atoms in total. The van der Waals surface area contributed by atoms with Gasteiger partial charge in [-0.1, -0.05) is 11.3 Å². The van der Waals surface area contributed by atoms with E-state index in [0.29, 0.717) is 83.0 Å². The lowest BCUT2D eigenvalue weighted by Crippen LogP contribution is -2.42. The summed E-state index contributed by atoms with van der Waals surface area (Å²) in [7, 11) is 3.84. The van der Waals surface area contributed by atoms with Gasteiger partial charge >= 0.3 is 5.69 Å². The van der Waals surface area contributed by atoms with Gasteiger partial charge in [0, 0.05) is 87.0 Å². The molecule has 8 aromatic rings. The van der Waals surface area contributed by atoms with Crippen molar-refractivity contribution in [3.63, 3.8) is 0 Å². The number of hydrogen-bond donors (Lipinski definition) is 1. The van der Waals surface area contributed by atoms with Gasteiger partial charge in [0.15, 0.2) is 5.82 Å². The molecular weight excluding hydrogens is 833 g/mol. The van der Waals surface area contributed by atoms with E-state index in [4.69, 9.17) is 9.84 Å². The summed E-state index contributed by atoms with van der Waals surface area (Å²) in [6.45, 7) is 8.74. The summed E-state index contributed by atoms with van der Waals surface area (Å²) >= 11 is 0. The van der Waals surface area contributed by atoms with Crippen molar-refractivity contribution in [2.45, 2.75) is 57.5 Å². The summed E-state index contributed by atoms with van der Waals surface area (Å²) in [5.74, 6) is 0.506. The number of fused-ring (bicyclic) bond motifs is 4. The lowest BCUT2D eigenvalue weighted by atomic mass is 9.91. The number of nitrogens with one attached hydrogen (secondary N) is 1. The number of nitrogens with zero attached hydrogens (tertiary/aromatic N) is 12. The van der Waals surface area contributed by atoms with Crippen molar-refractivity contribution in [1.82, 2.24) is 63.7 Å². The number of aromatic amines is 1. The van der Waals surface area contributed by atoms with Crippen molar-refractivity contribution in [3.8, 4) is 17.2 Å². The first-order valence-electron chi connectivity index (χ1n) is 22.2. The smallest absolute Gasteiger partial charge is 0.338 e. The van der Waals surface area contributed by atoms with Crippen molar-refractivity contribution in [2.24, 2.45) is 18.9 Å². The first-order chi connectivity index (χ1) is 31.4. The van der Waals surface area contributed by atoms with Gasteiger partial charge in [0.1, 0.15) is 22.9 Å². The predicted molar refractivity (Wildman–Crippen MR) is 236 cm³/mol. The molecule has 4 atom stereocenters. The number of amides is 1. The molecule has 12 rings (SSSR count). The molecule has 4 aliphatic rings. The standard InChI is InChI=1S/C47H47F2N13O3/c1-25-18-31(19-26(2)41(25)48)62-43(60-15-14-59(46(60)64)38-9-8-37-32(42(38)49)22-50-57(37)5)40-27(3)58(13-10-35(40)53-62)44(63)39-21-30-20-29(28-11-16-65-17-12-28)6-7-36(30)61(39)47(45-51-54-55-52-45)33-23-56(4)24-34(33)47/h6-9,14-15,18-22,27-28,33-34H,10-13,16-17,23-24H2,1-5H3,(H,51,52,54,55)/t27-,33-,34+,47?/m0/s1. The molecule has 3 fully saturated rings. The molecule has 1 N–H and O–H groups in total. The summed E-state index contributed by atoms with van der Waals surface area (Å²) in [6, 6.07) is 14.7. The van der Waals surface area contributed by atoms with Crippen molar-refractivity contribution in [1.29, 1.82) is 0 Å². The minimum absolute atomic E-state index is 0.0619. The van der Waals surface area contributed by atoms with E-state index >= 15 is 13.6 Å². The Bertz CT molecular complexity index is 3260. The quantitative estimate of drug-likeness (QED) is 0.214. The summed E-state index contributed by atoms with van der Waals surface area (Å²) in [5.41, 5.74) is 4.81. The van der Waals surface area contributed by atoms with E-state index < -0.39 is 23.1 Å². The average Bonchev–Trinajstić information content (AvgIpc) is 4.10. The average molecular weight is 880 g/mol. The van der Waals surface area contributed by atoms with Gasteiger partial charge in [0.2, 0.25) is 5.82 Å². The third kappa shape index (κ3) is 5.68. The Hall–Kier alpha value is -6.79. The number of benzene rings is 3. The normalized spacial score (nSPS) is 22.3. The fourth-order valence-electron chi connectivity index (χ4n) is 11.6. The van der Waals surface area contributed by atoms with E-state index in [2.05, 4.69) is 60.4 Å². The summed E-state index contributed by atoms with van der Waals surface area (Å²) in [5, 5.41) is 26.5. The molecule has 1 saturated carbocycles. The number of carbonyl (C=O) groups is 1. The number of aromatic nitrogens is 11. The van der Waals surface area contributed by atoms with E-state index in [-0.39, 0.29) is 34.6 Å². The van der Waals surface area contributed by atoms with Crippen LogP contribution in [0.5, 0.6) is 0 Å². The van der Waals surface area contributed by atoms with Crippen LogP contribution >= 0.6 is 0 Å². The molecule has 2 saturated heterocycles.